The molecule has 0 aromatic carbocycles. The van der Waals surface area contributed by atoms with Crippen LogP contribution in [-0.2, 0) is 18.4 Å². The number of allylic oxidation sites excluding steroid dienone is 3. The fourth-order valence-corrected chi connectivity index (χ4v) is 13.8. The normalized spacial score (nSPS) is 13.5. The Morgan fingerprint density at radius 2 is 0.604 bits per heavy atom. The Kier molecular flexibility index (Phi) is 72.4. The van der Waals surface area contributed by atoms with Crippen molar-refractivity contribution in [3.63, 3.8) is 0 Å². The number of nitrogens with one attached hydrogen (secondary N) is 1. The van der Waals surface area contributed by atoms with E-state index in [0.29, 0.717) is 17.4 Å². The first-order valence-electron chi connectivity index (χ1n) is 41.2. The zero-order valence-corrected chi connectivity index (χ0v) is 63.2. The van der Waals surface area contributed by atoms with Crippen LogP contribution in [0.3, 0.4) is 0 Å². The smallest absolute Gasteiger partial charge is 0.268 e. The highest BCUT2D eigenvalue weighted by atomic mass is 31.2. The molecule has 0 radical (unpaired) electrons. The summed E-state index contributed by atoms with van der Waals surface area (Å²) >= 11 is 0. The lowest BCUT2D eigenvalue weighted by atomic mass is 10.0. The summed E-state index contributed by atoms with van der Waals surface area (Å²) in [5.41, 5.74) is 0. The SMILES string of the molecule is CCCCCCCCCC/C=C\CCCCCCCCCCCCCCCCCCCCCCCCCCCCCCCC(=O)NC(COP(=O)([O-])OCC[N+](C)(C)C)C(O)/C=C/CCCCCCCCCCCCCCCCCCCCCCCCCCCC. The van der Waals surface area contributed by atoms with E-state index in [1.807, 2.05) is 27.2 Å². The average molecular weight is 1300 g/mol. The molecule has 0 saturated carbocycles. The van der Waals surface area contributed by atoms with E-state index < -0.39 is 20.0 Å². The maximum atomic E-state index is 13.1. The molecule has 0 aliphatic heterocycles. The number of unbranched alkanes of at least 4 members (excludes halogenated alkanes) is 63. The number of nitrogens with zero attached hydrogens (tertiary/aromatic N) is 1. The number of amides is 1. The van der Waals surface area contributed by atoms with Crippen LogP contribution in [0.4, 0.5) is 0 Å². The molecule has 8 nitrogen and oxygen atoms in total. The van der Waals surface area contributed by atoms with Crippen molar-refractivity contribution in [2.75, 3.05) is 40.9 Å². The summed E-state index contributed by atoms with van der Waals surface area (Å²) in [6.07, 6.45) is 97.9. The van der Waals surface area contributed by atoms with Gasteiger partial charge in [-0.05, 0) is 44.9 Å². The van der Waals surface area contributed by atoms with Crippen LogP contribution in [0, 0.1) is 0 Å². The largest absolute Gasteiger partial charge is 0.756 e. The van der Waals surface area contributed by atoms with Gasteiger partial charge in [0.25, 0.3) is 7.82 Å². The molecule has 91 heavy (non-hydrogen) atoms. The van der Waals surface area contributed by atoms with Crippen LogP contribution in [0.1, 0.15) is 444 Å². The maximum absolute atomic E-state index is 13.1. The predicted molar refractivity (Wildman–Crippen MR) is 399 cm³/mol. The Balaban J connectivity index is 3.88. The fraction of sp³-hybridized carbons (Fsp3) is 0.939. The molecule has 3 atom stereocenters. The first kappa shape index (κ1) is 90.0. The minimum Gasteiger partial charge on any atom is -0.756 e. The van der Waals surface area contributed by atoms with Gasteiger partial charge in [-0.1, -0.05) is 417 Å². The molecular formula is C82H163N2O6P. The van der Waals surface area contributed by atoms with Crippen LogP contribution in [-0.4, -0.2) is 68.5 Å². The number of phosphoric ester groups is 1. The molecule has 9 heteroatoms. The second-order valence-electron chi connectivity index (χ2n) is 29.8. The fourth-order valence-electron chi connectivity index (χ4n) is 13.0. The molecule has 0 aromatic heterocycles. The lowest BCUT2D eigenvalue weighted by Gasteiger charge is -2.29. The molecule has 0 rings (SSSR count). The molecule has 0 spiro atoms. The van der Waals surface area contributed by atoms with Gasteiger partial charge in [-0.25, -0.2) is 0 Å². The van der Waals surface area contributed by atoms with E-state index in [1.165, 1.54) is 385 Å². The summed E-state index contributed by atoms with van der Waals surface area (Å²) in [4.78, 5) is 25.7. The van der Waals surface area contributed by atoms with Crippen molar-refractivity contribution in [3.8, 4) is 0 Å². The molecule has 0 heterocycles. The summed E-state index contributed by atoms with van der Waals surface area (Å²) in [5.74, 6) is -0.186. The van der Waals surface area contributed by atoms with E-state index in [4.69, 9.17) is 9.05 Å². The molecule has 0 aromatic rings. The van der Waals surface area contributed by atoms with Crippen molar-refractivity contribution in [1.82, 2.24) is 5.32 Å². The number of aliphatic hydroxyl groups excluding tert-OH is 1. The average Bonchev–Trinajstić information content (AvgIpc) is 3.59. The molecule has 0 aliphatic carbocycles. The van der Waals surface area contributed by atoms with E-state index in [2.05, 4.69) is 31.3 Å². The molecule has 0 bridgehead atoms. The number of carbonyl (C=O) groups is 1. The third-order valence-electron chi connectivity index (χ3n) is 19.4. The van der Waals surface area contributed by atoms with Gasteiger partial charge in [-0.15, -0.1) is 0 Å². The number of rotatable bonds is 78. The highest BCUT2D eigenvalue weighted by molar-refractivity contribution is 7.45. The van der Waals surface area contributed by atoms with Crippen LogP contribution in [0.2, 0.25) is 0 Å². The van der Waals surface area contributed by atoms with E-state index in [1.54, 1.807) is 6.08 Å². The summed E-state index contributed by atoms with van der Waals surface area (Å²) < 4.78 is 23.5. The minimum absolute atomic E-state index is 0.00256. The molecule has 3 unspecified atom stereocenters. The van der Waals surface area contributed by atoms with Crippen LogP contribution < -0.4 is 10.2 Å². The minimum atomic E-state index is -4.60. The first-order valence-corrected chi connectivity index (χ1v) is 42.7. The topological polar surface area (TPSA) is 108 Å². The van der Waals surface area contributed by atoms with Gasteiger partial charge in [0.15, 0.2) is 0 Å². The van der Waals surface area contributed by atoms with E-state index >= 15 is 0 Å². The Morgan fingerprint density at radius 1 is 0.374 bits per heavy atom. The zero-order valence-electron chi connectivity index (χ0n) is 62.3. The number of likely N-dealkylation sites (N-methyl/N-ethyl adjacent to an activating group) is 1. The third-order valence-corrected chi connectivity index (χ3v) is 20.4. The van der Waals surface area contributed by atoms with Crippen molar-refractivity contribution >= 4 is 13.7 Å². The Bertz CT molecular complexity index is 1530. The summed E-state index contributed by atoms with van der Waals surface area (Å²) in [5, 5.41) is 14.0. The number of hydrogen-bond acceptors (Lipinski definition) is 6. The van der Waals surface area contributed by atoms with Crippen LogP contribution in [0.15, 0.2) is 24.3 Å². The van der Waals surface area contributed by atoms with Gasteiger partial charge >= 0.3 is 0 Å². The number of carbonyl (C=O) groups excluding carboxylic acids is 1. The number of quaternary nitrogens is 1. The predicted octanol–water partition coefficient (Wildman–Crippen LogP) is 26.3. The van der Waals surface area contributed by atoms with Crippen molar-refractivity contribution in [2.24, 2.45) is 0 Å². The number of hydrogen-bond donors (Lipinski definition) is 2. The van der Waals surface area contributed by atoms with E-state index in [0.717, 1.165) is 38.5 Å². The molecule has 0 saturated heterocycles. The summed E-state index contributed by atoms with van der Waals surface area (Å²) in [7, 11) is 1.29. The second kappa shape index (κ2) is 73.2. The first-order chi connectivity index (χ1) is 44.5. The van der Waals surface area contributed by atoms with Gasteiger partial charge in [0, 0.05) is 6.42 Å². The van der Waals surface area contributed by atoms with Crippen LogP contribution in [0.5, 0.6) is 0 Å². The molecular weight excluding hydrogens is 1140 g/mol. The van der Waals surface area contributed by atoms with Crippen molar-refractivity contribution in [1.29, 1.82) is 0 Å². The van der Waals surface area contributed by atoms with Gasteiger partial charge in [-0.3, -0.25) is 9.36 Å². The second-order valence-corrected chi connectivity index (χ2v) is 31.2. The van der Waals surface area contributed by atoms with Crippen molar-refractivity contribution in [3.05, 3.63) is 24.3 Å². The van der Waals surface area contributed by atoms with Gasteiger partial charge < -0.3 is 28.8 Å². The van der Waals surface area contributed by atoms with Crippen LogP contribution in [0.25, 0.3) is 0 Å². The maximum Gasteiger partial charge on any atom is 0.268 e. The lowest BCUT2D eigenvalue weighted by Crippen LogP contribution is -2.45. The summed E-state index contributed by atoms with van der Waals surface area (Å²) in [6.45, 7) is 4.73. The molecule has 1 amide bonds. The van der Waals surface area contributed by atoms with Crippen LogP contribution >= 0.6 is 7.82 Å². The number of aliphatic hydroxyl groups is 1. The summed E-state index contributed by atoms with van der Waals surface area (Å²) in [6, 6.07) is -0.886. The highest BCUT2D eigenvalue weighted by Crippen LogP contribution is 2.38. The van der Waals surface area contributed by atoms with Gasteiger partial charge in [0.1, 0.15) is 13.2 Å². The molecule has 2 N–H and O–H groups in total. The van der Waals surface area contributed by atoms with Gasteiger partial charge in [-0.2, -0.15) is 0 Å². The molecule has 542 valence electrons. The Morgan fingerprint density at radius 3 is 0.857 bits per heavy atom. The highest BCUT2D eigenvalue weighted by Gasteiger charge is 2.23. The standard InChI is InChI=1S/C82H163N2O6P/c1-6-8-10-12-14-16-18-20-22-24-26-28-30-32-34-36-37-38-39-40-41-42-43-44-45-46-47-48-50-52-54-56-58-60-62-64-66-68-70-72-74-76-82(86)83-80(79-90-91(87,88)89-78-77-84(3,4)5)81(85)75-73-71-69-67-65-63-61-59-57-55-53-51-49-35-33-31-29-27-25-23-21-19-17-15-13-11-9-7-2/h24,26,73,75,80-81,85H,6-23,25,27-72,74,76-79H2,1-5H3,(H-,83,86,87,88)/b26-24-,75-73+. The third kappa shape index (κ3) is 76.2. The zero-order chi connectivity index (χ0) is 66.2. The quantitative estimate of drug-likeness (QED) is 0.0272. The Labute approximate surface area is 570 Å². The Hall–Kier alpha value is -1.02. The van der Waals surface area contributed by atoms with Crippen molar-refractivity contribution < 1.29 is 32.9 Å². The lowest BCUT2D eigenvalue weighted by molar-refractivity contribution is -0.870. The monoisotopic (exact) mass is 1300 g/mol. The van der Waals surface area contributed by atoms with Gasteiger partial charge in [0.2, 0.25) is 5.91 Å². The van der Waals surface area contributed by atoms with Gasteiger partial charge in [0.05, 0.1) is 39.9 Å². The van der Waals surface area contributed by atoms with E-state index in [9.17, 15) is 19.4 Å². The van der Waals surface area contributed by atoms with E-state index in [-0.39, 0.29) is 19.1 Å². The number of phosphoric acid groups is 1. The van der Waals surface area contributed by atoms with Crippen molar-refractivity contribution in [2.45, 2.75) is 456 Å². The molecule has 0 aliphatic rings. The molecule has 0 fully saturated rings.